The van der Waals surface area contributed by atoms with Crippen molar-refractivity contribution in [1.82, 2.24) is 4.72 Å². The summed E-state index contributed by atoms with van der Waals surface area (Å²) in [7, 11) is -4.15. The fraction of sp³-hybridized carbons (Fsp3) is 0.269. The van der Waals surface area contributed by atoms with Crippen LogP contribution in [0.2, 0.25) is 0 Å². The Kier molecular flexibility index (Phi) is 9.72. The van der Waals surface area contributed by atoms with E-state index in [4.69, 9.17) is 9.47 Å². The summed E-state index contributed by atoms with van der Waals surface area (Å²) < 4.78 is 51.4. The topological polar surface area (TPSA) is 128 Å². The molecule has 0 aliphatic carbocycles. The smallest absolute Gasteiger partial charge is 0.349 e. The number of hydrogen-bond acceptors (Lipinski definition) is 8. The van der Waals surface area contributed by atoms with E-state index >= 15 is 0 Å². The van der Waals surface area contributed by atoms with Gasteiger partial charge in [0.05, 0.1) is 17.1 Å². The van der Waals surface area contributed by atoms with Gasteiger partial charge in [-0.3, -0.25) is 4.79 Å². The quantitative estimate of drug-likeness (QED) is 0.331. The Bertz CT molecular complexity index is 1410. The number of ether oxygens (including phenoxy) is 2. The van der Waals surface area contributed by atoms with Crippen LogP contribution >= 0.6 is 11.3 Å². The number of carbonyl (C=O) groups is 3. The molecule has 1 atom stereocenters. The highest BCUT2D eigenvalue weighted by molar-refractivity contribution is 7.89. The third kappa shape index (κ3) is 7.03. The second-order valence-corrected chi connectivity index (χ2v) is 10.8. The first-order chi connectivity index (χ1) is 18.1. The lowest BCUT2D eigenvalue weighted by Crippen LogP contribution is -2.43. The van der Waals surface area contributed by atoms with E-state index in [1.807, 2.05) is 6.07 Å². The summed E-state index contributed by atoms with van der Waals surface area (Å²) in [6.45, 7) is 4.81. The molecule has 0 aliphatic rings. The molecule has 1 aromatic heterocycles. The number of amides is 1. The molecule has 1 amide bonds. The molecule has 12 heteroatoms. The standard InChI is InChI=1S/C26H27FN2O7S2/c1-4-20(29-38(33,34)19-13-11-18(27)12-14-19)23(30)28-24-21(25(31)35-5-2)16(3)22(37-24)26(32)36-15-17-9-7-6-8-10-17/h6-14,20,29H,4-5,15H2,1-3H3,(H,28,30). The molecule has 3 aromatic rings. The molecular weight excluding hydrogens is 535 g/mol. The molecule has 9 nitrogen and oxygen atoms in total. The minimum atomic E-state index is -4.15. The molecule has 1 unspecified atom stereocenters. The zero-order chi connectivity index (χ0) is 27.9. The van der Waals surface area contributed by atoms with Gasteiger partial charge < -0.3 is 14.8 Å². The maximum atomic E-state index is 13.2. The van der Waals surface area contributed by atoms with Crippen LogP contribution < -0.4 is 10.0 Å². The van der Waals surface area contributed by atoms with E-state index in [-0.39, 0.29) is 45.5 Å². The van der Waals surface area contributed by atoms with E-state index in [2.05, 4.69) is 10.0 Å². The van der Waals surface area contributed by atoms with Gasteiger partial charge in [-0.2, -0.15) is 4.72 Å². The molecular formula is C26H27FN2O7S2. The Morgan fingerprint density at radius 1 is 0.974 bits per heavy atom. The summed E-state index contributed by atoms with van der Waals surface area (Å²) in [5.41, 5.74) is 1.02. The lowest BCUT2D eigenvalue weighted by atomic mass is 10.1. The van der Waals surface area contributed by atoms with E-state index in [0.717, 1.165) is 41.2 Å². The summed E-state index contributed by atoms with van der Waals surface area (Å²) in [6, 6.07) is 12.0. The summed E-state index contributed by atoms with van der Waals surface area (Å²) in [5.74, 6) is -2.80. The van der Waals surface area contributed by atoms with Gasteiger partial charge in [0.1, 0.15) is 28.3 Å². The molecule has 0 saturated carbocycles. The minimum absolute atomic E-state index is 0.0104. The van der Waals surface area contributed by atoms with Gasteiger partial charge >= 0.3 is 11.9 Å². The minimum Gasteiger partial charge on any atom is -0.462 e. The highest BCUT2D eigenvalue weighted by atomic mass is 32.2. The molecule has 38 heavy (non-hydrogen) atoms. The summed E-state index contributed by atoms with van der Waals surface area (Å²) in [6.07, 6.45) is 0.0668. The van der Waals surface area contributed by atoms with Crippen LogP contribution in [0.5, 0.6) is 0 Å². The highest BCUT2D eigenvalue weighted by Gasteiger charge is 2.30. The van der Waals surface area contributed by atoms with Crippen LogP contribution in [-0.2, 0) is 30.9 Å². The Hall–Kier alpha value is -3.61. The average Bonchev–Trinajstić information content (AvgIpc) is 3.22. The predicted molar refractivity (Wildman–Crippen MR) is 140 cm³/mol. The molecule has 202 valence electrons. The van der Waals surface area contributed by atoms with E-state index in [1.54, 1.807) is 38.1 Å². The molecule has 0 aliphatic heterocycles. The van der Waals surface area contributed by atoms with Crippen molar-refractivity contribution in [2.24, 2.45) is 0 Å². The maximum absolute atomic E-state index is 13.2. The van der Waals surface area contributed by atoms with Gasteiger partial charge in [0.15, 0.2) is 0 Å². The number of carbonyl (C=O) groups excluding carboxylic acids is 3. The molecule has 0 fully saturated rings. The Morgan fingerprint density at radius 3 is 2.24 bits per heavy atom. The van der Waals surface area contributed by atoms with Crippen molar-refractivity contribution < 1.29 is 36.7 Å². The lowest BCUT2D eigenvalue weighted by Gasteiger charge is -2.17. The zero-order valence-corrected chi connectivity index (χ0v) is 22.6. The van der Waals surface area contributed by atoms with Gasteiger partial charge in [-0.15, -0.1) is 11.3 Å². The van der Waals surface area contributed by atoms with Crippen LogP contribution in [0.15, 0.2) is 59.5 Å². The van der Waals surface area contributed by atoms with Crippen molar-refractivity contribution in [1.29, 1.82) is 0 Å². The van der Waals surface area contributed by atoms with Gasteiger partial charge in [-0.05, 0) is 55.7 Å². The van der Waals surface area contributed by atoms with E-state index < -0.39 is 39.7 Å². The van der Waals surface area contributed by atoms with Crippen molar-refractivity contribution >= 4 is 44.2 Å². The van der Waals surface area contributed by atoms with Crippen LogP contribution in [0.1, 0.15) is 51.4 Å². The average molecular weight is 563 g/mol. The molecule has 0 saturated heterocycles. The first-order valence-electron chi connectivity index (χ1n) is 11.7. The van der Waals surface area contributed by atoms with Gasteiger partial charge in [0.25, 0.3) is 0 Å². The second kappa shape index (κ2) is 12.8. The number of halogens is 1. The van der Waals surface area contributed by atoms with E-state index in [9.17, 15) is 27.2 Å². The van der Waals surface area contributed by atoms with Crippen molar-refractivity contribution in [3.05, 3.63) is 82.0 Å². The van der Waals surface area contributed by atoms with Crippen LogP contribution in [0.3, 0.4) is 0 Å². The number of anilines is 1. The molecule has 2 N–H and O–H groups in total. The zero-order valence-electron chi connectivity index (χ0n) is 20.9. The third-order valence-corrected chi connectivity index (χ3v) is 8.08. The van der Waals surface area contributed by atoms with Gasteiger partial charge in [0.2, 0.25) is 15.9 Å². The normalized spacial score (nSPS) is 12.0. The van der Waals surface area contributed by atoms with E-state index in [1.165, 1.54) is 6.92 Å². The first kappa shape index (κ1) is 29.0. The number of benzene rings is 2. The summed E-state index contributed by atoms with van der Waals surface area (Å²) in [4.78, 5) is 38.5. The monoisotopic (exact) mass is 562 g/mol. The lowest BCUT2D eigenvalue weighted by molar-refractivity contribution is -0.117. The van der Waals surface area contributed by atoms with Crippen molar-refractivity contribution in [3.8, 4) is 0 Å². The fourth-order valence-corrected chi connectivity index (χ4v) is 5.79. The molecule has 0 radical (unpaired) electrons. The van der Waals surface area contributed by atoms with E-state index in [0.29, 0.717) is 0 Å². The van der Waals surface area contributed by atoms with Gasteiger partial charge in [-0.1, -0.05) is 37.3 Å². The van der Waals surface area contributed by atoms with Crippen LogP contribution in [-0.4, -0.2) is 38.9 Å². The van der Waals surface area contributed by atoms with Crippen LogP contribution in [0, 0.1) is 12.7 Å². The molecule has 2 aromatic carbocycles. The third-order valence-electron chi connectivity index (χ3n) is 5.41. The number of hydrogen-bond donors (Lipinski definition) is 2. The number of rotatable bonds is 11. The van der Waals surface area contributed by atoms with Gasteiger partial charge in [0, 0.05) is 0 Å². The Morgan fingerprint density at radius 2 is 1.63 bits per heavy atom. The summed E-state index contributed by atoms with van der Waals surface area (Å²) in [5, 5.41) is 2.58. The highest BCUT2D eigenvalue weighted by Crippen LogP contribution is 2.34. The number of sulfonamides is 1. The fourth-order valence-electron chi connectivity index (χ4n) is 3.42. The largest absolute Gasteiger partial charge is 0.462 e. The summed E-state index contributed by atoms with van der Waals surface area (Å²) >= 11 is 0.830. The van der Waals surface area contributed by atoms with Crippen molar-refractivity contribution in [2.45, 2.75) is 44.7 Å². The molecule has 0 spiro atoms. The molecule has 0 bridgehead atoms. The Labute approximate surface area is 224 Å². The number of thiophene rings is 1. The Balaban J connectivity index is 1.84. The maximum Gasteiger partial charge on any atom is 0.349 e. The molecule has 1 heterocycles. The number of esters is 2. The van der Waals surface area contributed by atoms with Crippen molar-refractivity contribution in [2.75, 3.05) is 11.9 Å². The molecule has 3 rings (SSSR count). The van der Waals surface area contributed by atoms with Gasteiger partial charge in [-0.25, -0.2) is 22.4 Å². The predicted octanol–water partition coefficient (Wildman–Crippen LogP) is 4.42. The van der Waals surface area contributed by atoms with Crippen LogP contribution in [0.4, 0.5) is 9.39 Å². The SMILES string of the molecule is CCOC(=O)c1c(NC(=O)C(CC)NS(=O)(=O)c2ccc(F)cc2)sc(C(=O)OCc2ccccc2)c1C. The van der Waals surface area contributed by atoms with Crippen molar-refractivity contribution in [3.63, 3.8) is 0 Å². The first-order valence-corrected chi connectivity index (χ1v) is 14.0. The number of nitrogens with one attached hydrogen (secondary N) is 2. The second-order valence-electron chi connectivity index (χ2n) is 8.07. The van der Waals surface area contributed by atoms with Crippen LogP contribution in [0.25, 0.3) is 0 Å².